The number of fused-ring (bicyclic) bond motifs is 9. The summed E-state index contributed by atoms with van der Waals surface area (Å²) >= 11 is 0. The van der Waals surface area contributed by atoms with E-state index in [9.17, 15) is 0 Å². The number of aromatic nitrogens is 1. The van der Waals surface area contributed by atoms with E-state index in [1.54, 1.807) is 11.1 Å². The minimum atomic E-state index is 0.147. The summed E-state index contributed by atoms with van der Waals surface area (Å²) in [4.78, 5) is 2.46. The molecule has 0 unspecified atom stereocenters. The molecule has 4 bridgehead atoms. The topological polar surface area (TPSA) is 21.3 Å². The average molecular weight is 709 g/mol. The third-order valence-electron chi connectivity index (χ3n) is 14.3. The molecule has 3 nitrogen and oxygen atoms in total. The fraction of sp³-hybridized carbons (Fsp3) is 0.192. The lowest BCUT2D eigenvalue weighted by molar-refractivity contribution is -0.0399. The number of furan rings is 1. The maximum atomic E-state index is 6.52. The van der Waals surface area contributed by atoms with E-state index in [2.05, 4.69) is 167 Å². The highest BCUT2D eigenvalue weighted by Crippen LogP contribution is 2.69. The van der Waals surface area contributed by atoms with E-state index in [-0.39, 0.29) is 5.41 Å². The van der Waals surface area contributed by atoms with Crippen molar-refractivity contribution in [3.8, 4) is 16.8 Å². The lowest BCUT2D eigenvalue weighted by atomic mass is 9.43. The first-order chi connectivity index (χ1) is 27.2. The van der Waals surface area contributed by atoms with Crippen molar-refractivity contribution in [1.29, 1.82) is 0 Å². The summed E-state index contributed by atoms with van der Waals surface area (Å²) in [6.45, 7) is 0. The summed E-state index contributed by atoms with van der Waals surface area (Å²) in [6.07, 6.45) is 7.03. The lowest BCUT2D eigenvalue weighted by Crippen LogP contribution is -2.55. The first-order valence-corrected chi connectivity index (χ1v) is 20.3. The van der Waals surface area contributed by atoms with Crippen molar-refractivity contribution in [3.63, 3.8) is 0 Å². The van der Waals surface area contributed by atoms with Gasteiger partial charge in [0, 0.05) is 55.8 Å². The molecule has 0 atom stereocenters. The molecule has 14 rings (SSSR count). The van der Waals surface area contributed by atoms with Gasteiger partial charge in [-0.3, -0.25) is 0 Å². The third kappa shape index (κ3) is 4.06. The van der Waals surface area contributed by atoms with Crippen LogP contribution in [0.4, 0.5) is 17.1 Å². The van der Waals surface area contributed by atoms with Crippen molar-refractivity contribution in [2.24, 2.45) is 23.7 Å². The smallest absolute Gasteiger partial charge is 0.137 e. The number of nitrogens with zero attached hydrogens (tertiary/aromatic N) is 2. The van der Waals surface area contributed by atoms with Gasteiger partial charge in [-0.2, -0.15) is 0 Å². The van der Waals surface area contributed by atoms with Crippen LogP contribution in [0.15, 0.2) is 162 Å². The van der Waals surface area contributed by atoms with Crippen molar-refractivity contribution >= 4 is 60.8 Å². The second-order valence-corrected chi connectivity index (χ2v) is 17.0. The van der Waals surface area contributed by atoms with Gasteiger partial charge in [-0.1, -0.05) is 84.9 Å². The van der Waals surface area contributed by atoms with Gasteiger partial charge < -0.3 is 13.9 Å². The van der Waals surface area contributed by atoms with E-state index < -0.39 is 0 Å². The maximum Gasteiger partial charge on any atom is 0.137 e. The molecule has 0 amide bonds. The molecule has 0 aliphatic heterocycles. The van der Waals surface area contributed by atoms with Gasteiger partial charge >= 0.3 is 0 Å². The highest BCUT2D eigenvalue weighted by molar-refractivity contribution is 6.11. The number of hydrogen-bond donors (Lipinski definition) is 0. The Kier molecular flexibility index (Phi) is 6.06. The van der Waals surface area contributed by atoms with Gasteiger partial charge in [0.15, 0.2) is 0 Å². The van der Waals surface area contributed by atoms with Gasteiger partial charge in [0.2, 0.25) is 0 Å². The second kappa shape index (κ2) is 11.0. The van der Waals surface area contributed by atoms with Gasteiger partial charge in [0.05, 0.1) is 11.0 Å². The molecule has 0 saturated heterocycles. The van der Waals surface area contributed by atoms with Gasteiger partial charge in [-0.05, 0) is 145 Å². The largest absolute Gasteiger partial charge is 0.456 e. The summed E-state index contributed by atoms with van der Waals surface area (Å²) < 4.78 is 8.91. The van der Waals surface area contributed by atoms with Gasteiger partial charge in [0.1, 0.15) is 11.2 Å². The number of benzene rings is 7. The van der Waals surface area contributed by atoms with Crippen molar-refractivity contribution < 1.29 is 4.42 Å². The summed E-state index contributed by atoms with van der Waals surface area (Å²) in [7, 11) is 0. The fourth-order valence-corrected chi connectivity index (χ4v) is 12.5. The standard InChI is InChI=1S/C52H40N2O/c1-2-10-36(11-3-1)54-48-16-8-5-13-41(48)45-30-38(20-23-49(45)54)53(39-18-21-43-42-14-6-9-17-50(42)55-51(43)31-39)37-19-22-47-44(29-37)40-12-4-7-15-46(40)52(47)34-25-32-24-33(27-34)28-35(52)26-32/h1-23,29-35H,24-28H2. The molecule has 5 aliphatic carbocycles. The van der Waals surface area contributed by atoms with Crippen LogP contribution in [0.5, 0.6) is 0 Å². The molecule has 1 spiro atoms. The minimum Gasteiger partial charge on any atom is -0.456 e. The summed E-state index contributed by atoms with van der Waals surface area (Å²) in [5, 5.41) is 4.79. The Hall–Kier alpha value is -6.06. The highest BCUT2D eigenvalue weighted by Gasteiger charge is 2.61. The second-order valence-electron chi connectivity index (χ2n) is 17.0. The molecule has 0 N–H and O–H groups in total. The molecule has 2 aromatic heterocycles. The molecule has 2 heterocycles. The number of anilines is 3. The van der Waals surface area contributed by atoms with Gasteiger partial charge in [0.25, 0.3) is 0 Å². The zero-order chi connectivity index (χ0) is 35.8. The SMILES string of the molecule is c1ccc(-n2c3ccccc3c3cc(N(c4ccc5c(c4)-c4ccccc4C54C5CC6CC(C5)CC4C6)c4ccc5c(c4)oc4ccccc45)ccc32)cc1. The minimum absolute atomic E-state index is 0.147. The Morgan fingerprint density at radius 2 is 1.07 bits per heavy atom. The van der Waals surface area contributed by atoms with Gasteiger partial charge in [-0.25, -0.2) is 0 Å². The molecule has 4 fully saturated rings. The van der Waals surface area contributed by atoms with E-state index in [0.29, 0.717) is 0 Å². The van der Waals surface area contributed by atoms with Crippen LogP contribution < -0.4 is 4.90 Å². The van der Waals surface area contributed by atoms with Crippen LogP contribution in [0.25, 0.3) is 60.6 Å². The number of para-hydroxylation sites is 3. The normalized spacial score (nSPS) is 23.3. The van der Waals surface area contributed by atoms with E-state index in [1.807, 2.05) is 0 Å². The zero-order valence-corrected chi connectivity index (χ0v) is 30.7. The lowest BCUT2D eigenvalue weighted by Gasteiger charge is -2.61. The average Bonchev–Trinajstić information content (AvgIpc) is 3.86. The van der Waals surface area contributed by atoms with Crippen LogP contribution in [0, 0.1) is 23.7 Å². The van der Waals surface area contributed by atoms with E-state index in [0.717, 1.165) is 57.0 Å². The first-order valence-electron chi connectivity index (χ1n) is 20.3. The number of hydrogen-bond acceptors (Lipinski definition) is 2. The number of rotatable bonds is 4. The third-order valence-corrected chi connectivity index (χ3v) is 14.3. The Balaban J connectivity index is 1.04. The molecule has 3 heteroatoms. The molecule has 5 aliphatic rings. The van der Waals surface area contributed by atoms with Crippen LogP contribution in [0.3, 0.4) is 0 Å². The first kappa shape index (κ1) is 30.3. The zero-order valence-electron chi connectivity index (χ0n) is 30.7. The monoisotopic (exact) mass is 708 g/mol. The van der Waals surface area contributed by atoms with Crippen LogP contribution in [-0.4, -0.2) is 4.57 Å². The van der Waals surface area contributed by atoms with E-state index >= 15 is 0 Å². The van der Waals surface area contributed by atoms with Crippen molar-refractivity contribution in [1.82, 2.24) is 4.57 Å². The molecule has 9 aromatic rings. The maximum absolute atomic E-state index is 6.52. The summed E-state index contributed by atoms with van der Waals surface area (Å²) in [6, 6.07) is 58.7. The predicted octanol–water partition coefficient (Wildman–Crippen LogP) is 13.9. The molecule has 264 valence electrons. The molecular weight excluding hydrogens is 669 g/mol. The molecule has 4 saturated carbocycles. The van der Waals surface area contributed by atoms with Crippen LogP contribution >= 0.6 is 0 Å². The Bertz CT molecular complexity index is 2990. The summed E-state index contributed by atoms with van der Waals surface area (Å²) in [5.41, 5.74) is 15.0. The fourth-order valence-electron chi connectivity index (χ4n) is 12.5. The quantitative estimate of drug-likeness (QED) is 0.181. The molecule has 0 radical (unpaired) electrons. The van der Waals surface area contributed by atoms with E-state index in [1.165, 1.54) is 76.4 Å². The Morgan fingerprint density at radius 3 is 1.93 bits per heavy atom. The van der Waals surface area contributed by atoms with Crippen LogP contribution in [-0.2, 0) is 5.41 Å². The van der Waals surface area contributed by atoms with Crippen LogP contribution in [0.2, 0.25) is 0 Å². The molecule has 7 aromatic carbocycles. The molecule has 55 heavy (non-hydrogen) atoms. The Labute approximate surface area is 320 Å². The Morgan fingerprint density at radius 1 is 0.455 bits per heavy atom. The van der Waals surface area contributed by atoms with E-state index in [4.69, 9.17) is 4.42 Å². The van der Waals surface area contributed by atoms with Crippen LogP contribution in [0.1, 0.15) is 43.2 Å². The predicted molar refractivity (Wildman–Crippen MR) is 226 cm³/mol. The highest BCUT2D eigenvalue weighted by atomic mass is 16.3. The summed E-state index contributed by atoms with van der Waals surface area (Å²) in [5.74, 6) is 3.34. The van der Waals surface area contributed by atoms with Crippen molar-refractivity contribution in [2.45, 2.75) is 37.5 Å². The molecular formula is C52H40N2O. The van der Waals surface area contributed by atoms with Gasteiger partial charge in [-0.15, -0.1) is 0 Å². The van der Waals surface area contributed by atoms with Crippen molar-refractivity contribution in [2.75, 3.05) is 4.90 Å². The van der Waals surface area contributed by atoms with Crippen molar-refractivity contribution in [3.05, 3.63) is 169 Å².